The fraction of sp³-hybridized carbons (Fsp3) is 1.00. The summed E-state index contributed by atoms with van der Waals surface area (Å²) in [7, 11) is 1.80. The Kier molecular flexibility index (Phi) is 8.04. The third kappa shape index (κ3) is 6.49. The van der Waals surface area contributed by atoms with Gasteiger partial charge < -0.3 is 10.1 Å². The van der Waals surface area contributed by atoms with E-state index in [0.717, 1.165) is 18.9 Å². The van der Waals surface area contributed by atoms with E-state index in [9.17, 15) is 0 Å². The summed E-state index contributed by atoms with van der Waals surface area (Å²) in [5.74, 6) is 0.749. The van der Waals surface area contributed by atoms with Crippen LogP contribution in [0, 0.1) is 5.92 Å². The molecule has 0 rings (SSSR count). The molecule has 0 aliphatic rings. The van der Waals surface area contributed by atoms with E-state index in [-0.39, 0.29) is 5.60 Å². The van der Waals surface area contributed by atoms with E-state index in [1.54, 1.807) is 7.11 Å². The van der Waals surface area contributed by atoms with Crippen LogP contribution in [0.4, 0.5) is 0 Å². The molecule has 0 spiro atoms. The van der Waals surface area contributed by atoms with Gasteiger partial charge in [-0.1, -0.05) is 27.2 Å². The van der Waals surface area contributed by atoms with Crippen LogP contribution < -0.4 is 5.32 Å². The van der Waals surface area contributed by atoms with Crippen LogP contribution in [-0.4, -0.2) is 25.3 Å². The molecule has 0 saturated heterocycles. The van der Waals surface area contributed by atoms with Crippen LogP contribution in [-0.2, 0) is 4.74 Å². The third-order valence-electron chi connectivity index (χ3n) is 3.60. The molecule has 0 saturated carbocycles. The molecule has 2 nitrogen and oxygen atoms in total. The Morgan fingerprint density at radius 3 is 2.31 bits per heavy atom. The van der Waals surface area contributed by atoms with Crippen molar-refractivity contribution in [3.8, 4) is 0 Å². The predicted molar refractivity (Wildman–Crippen MR) is 71.9 cm³/mol. The van der Waals surface area contributed by atoms with Gasteiger partial charge in [0.05, 0.1) is 5.60 Å². The van der Waals surface area contributed by atoms with E-state index >= 15 is 0 Å². The van der Waals surface area contributed by atoms with Crippen LogP contribution in [0.3, 0.4) is 0 Å². The van der Waals surface area contributed by atoms with Gasteiger partial charge in [0.2, 0.25) is 0 Å². The lowest BCUT2D eigenvalue weighted by Gasteiger charge is -2.29. The van der Waals surface area contributed by atoms with Gasteiger partial charge in [0.15, 0.2) is 0 Å². The zero-order valence-corrected chi connectivity index (χ0v) is 12.1. The van der Waals surface area contributed by atoms with Crippen molar-refractivity contribution in [3.05, 3.63) is 0 Å². The maximum Gasteiger partial charge on any atom is 0.0623 e. The molecule has 2 atom stereocenters. The smallest absolute Gasteiger partial charge is 0.0623 e. The molecule has 0 heterocycles. The summed E-state index contributed by atoms with van der Waals surface area (Å²) >= 11 is 0. The summed E-state index contributed by atoms with van der Waals surface area (Å²) in [4.78, 5) is 0. The lowest BCUT2D eigenvalue weighted by Crippen LogP contribution is -2.37. The highest BCUT2D eigenvalue weighted by molar-refractivity contribution is 4.77. The Morgan fingerprint density at radius 2 is 1.88 bits per heavy atom. The van der Waals surface area contributed by atoms with E-state index in [1.807, 2.05) is 0 Å². The molecular formula is C14H31NO. The first-order valence-electron chi connectivity index (χ1n) is 6.75. The standard InChI is InChI=1S/C14H31NO/c1-7-11-15-13(12(3)8-2)9-10-14(4,5)16-6/h12-13,15H,7-11H2,1-6H3. The molecule has 0 aromatic heterocycles. The molecule has 1 N–H and O–H groups in total. The van der Waals surface area contributed by atoms with Crippen molar-refractivity contribution in [1.29, 1.82) is 0 Å². The number of hydrogen-bond acceptors (Lipinski definition) is 2. The minimum atomic E-state index is 0.0135. The van der Waals surface area contributed by atoms with Crippen LogP contribution in [0.25, 0.3) is 0 Å². The zero-order chi connectivity index (χ0) is 12.6. The van der Waals surface area contributed by atoms with E-state index in [4.69, 9.17) is 4.74 Å². The second-order valence-electron chi connectivity index (χ2n) is 5.45. The molecule has 0 aromatic carbocycles. The quantitative estimate of drug-likeness (QED) is 0.652. The summed E-state index contributed by atoms with van der Waals surface area (Å²) in [6, 6.07) is 0.638. The lowest BCUT2D eigenvalue weighted by atomic mass is 9.90. The van der Waals surface area contributed by atoms with Gasteiger partial charge in [-0.2, -0.15) is 0 Å². The fourth-order valence-electron chi connectivity index (χ4n) is 1.81. The highest BCUT2D eigenvalue weighted by atomic mass is 16.5. The van der Waals surface area contributed by atoms with Gasteiger partial charge >= 0.3 is 0 Å². The Hall–Kier alpha value is -0.0800. The van der Waals surface area contributed by atoms with Gasteiger partial charge in [-0.25, -0.2) is 0 Å². The summed E-state index contributed by atoms with van der Waals surface area (Å²) in [6.45, 7) is 12.3. The van der Waals surface area contributed by atoms with Crippen molar-refractivity contribution in [2.75, 3.05) is 13.7 Å². The Labute approximate surface area is 102 Å². The van der Waals surface area contributed by atoms with E-state index in [1.165, 1.54) is 19.3 Å². The van der Waals surface area contributed by atoms with Gasteiger partial charge in [-0.15, -0.1) is 0 Å². The largest absolute Gasteiger partial charge is 0.379 e. The van der Waals surface area contributed by atoms with Crippen molar-refractivity contribution in [1.82, 2.24) is 5.32 Å². The zero-order valence-electron chi connectivity index (χ0n) is 12.1. The Morgan fingerprint density at radius 1 is 1.25 bits per heavy atom. The second kappa shape index (κ2) is 8.08. The number of hydrogen-bond donors (Lipinski definition) is 1. The van der Waals surface area contributed by atoms with Gasteiger partial charge in [-0.05, 0) is 45.6 Å². The maximum absolute atomic E-state index is 5.48. The molecule has 0 amide bonds. The van der Waals surface area contributed by atoms with Crippen molar-refractivity contribution in [2.24, 2.45) is 5.92 Å². The molecule has 0 radical (unpaired) electrons. The van der Waals surface area contributed by atoms with Gasteiger partial charge in [-0.3, -0.25) is 0 Å². The normalized spacial score (nSPS) is 16.1. The van der Waals surface area contributed by atoms with E-state index < -0.39 is 0 Å². The van der Waals surface area contributed by atoms with Crippen LogP contribution in [0.2, 0.25) is 0 Å². The minimum Gasteiger partial charge on any atom is -0.379 e. The molecule has 2 heteroatoms. The molecule has 2 unspecified atom stereocenters. The number of ether oxygens (including phenoxy) is 1. The topological polar surface area (TPSA) is 21.3 Å². The summed E-state index contributed by atoms with van der Waals surface area (Å²) in [5, 5.41) is 3.66. The Bertz CT molecular complexity index is 168. The SMILES string of the molecule is CCCNC(CCC(C)(C)OC)C(C)CC. The van der Waals surface area contributed by atoms with Crippen LogP contribution in [0.5, 0.6) is 0 Å². The highest BCUT2D eigenvalue weighted by Gasteiger charge is 2.21. The molecule has 0 bridgehead atoms. The first-order chi connectivity index (χ1) is 7.46. The molecule has 0 aromatic rings. The van der Waals surface area contributed by atoms with Gasteiger partial charge in [0.1, 0.15) is 0 Å². The number of methoxy groups -OCH3 is 1. The molecular weight excluding hydrogens is 198 g/mol. The maximum atomic E-state index is 5.48. The number of nitrogens with one attached hydrogen (secondary N) is 1. The average molecular weight is 229 g/mol. The van der Waals surface area contributed by atoms with Crippen molar-refractivity contribution >= 4 is 0 Å². The molecule has 0 fully saturated rings. The fourth-order valence-corrected chi connectivity index (χ4v) is 1.81. The minimum absolute atomic E-state index is 0.0135. The predicted octanol–water partition coefficient (Wildman–Crippen LogP) is 3.61. The summed E-state index contributed by atoms with van der Waals surface area (Å²) in [6.07, 6.45) is 4.78. The molecule has 16 heavy (non-hydrogen) atoms. The Balaban J connectivity index is 4.10. The molecule has 0 aliphatic heterocycles. The average Bonchev–Trinajstić information content (AvgIpc) is 2.28. The first-order valence-corrected chi connectivity index (χ1v) is 6.75. The van der Waals surface area contributed by atoms with Crippen LogP contribution in [0.1, 0.15) is 60.3 Å². The second-order valence-corrected chi connectivity index (χ2v) is 5.45. The van der Waals surface area contributed by atoms with Gasteiger partial charge in [0.25, 0.3) is 0 Å². The van der Waals surface area contributed by atoms with Crippen LogP contribution in [0.15, 0.2) is 0 Å². The molecule has 0 aliphatic carbocycles. The van der Waals surface area contributed by atoms with Crippen molar-refractivity contribution < 1.29 is 4.74 Å². The lowest BCUT2D eigenvalue weighted by molar-refractivity contribution is 0.0103. The summed E-state index contributed by atoms with van der Waals surface area (Å²) < 4.78 is 5.48. The van der Waals surface area contributed by atoms with Crippen molar-refractivity contribution in [3.63, 3.8) is 0 Å². The van der Waals surface area contributed by atoms with E-state index in [0.29, 0.717) is 6.04 Å². The monoisotopic (exact) mass is 229 g/mol. The van der Waals surface area contributed by atoms with Gasteiger partial charge in [0, 0.05) is 13.2 Å². The first kappa shape index (κ1) is 15.9. The van der Waals surface area contributed by atoms with E-state index in [2.05, 4.69) is 39.9 Å². The number of rotatable bonds is 9. The van der Waals surface area contributed by atoms with Crippen LogP contribution >= 0.6 is 0 Å². The highest BCUT2D eigenvalue weighted by Crippen LogP contribution is 2.20. The summed E-state index contributed by atoms with van der Waals surface area (Å²) in [5.41, 5.74) is 0.0135. The molecule has 98 valence electrons. The third-order valence-corrected chi connectivity index (χ3v) is 3.60. The van der Waals surface area contributed by atoms with Crippen molar-refractivity contribution in [2.45, 2.75) is 71.9 Å².